The number of hydrogen-bond donors (Lipinski definition) is 0. The normalized spacial score (nSPS) is 19.6. The lowest BCUT2D eigenvalue weighted by molar-refractivity contribution is -0.180. The third-order valence-corrected chi connectivity index (χ3v) is 7.71. The molecule has 1 saturated heterocycles. The molecular formula is C29H28ClFN2O2S. The molecule has 0 radical (unpaired) electrons. The first-order valence-electron chi connectivity index (χ1n) is 12.0. The van der Waals surface area contributed by atoms with E-state index >= 15 is 0 Å². The van der Waals surface area contributed by atoms with Crippen LogP contribution in [0, 0.1) is 5.82 Å². The van der Waals surface area contributed by atoms with Gasteiger partial charge in [-0.2, -0.15) is 11.8 Å². The lowest BCUT2D eigenvalue weighted by Crippen LogP contribution is -2.37. The molecule has 2 atom stereocenters. The molecule has 3 aromatic carbocycles. The van der Waals surface area contributed by atoms with Crippen molar-refractivity contribution in [3.8, 4) is 11.1 Å². The van der Waals surface area contributed by atoms with Crippen molar-refractivity contribution in [1.82, 2.24) is 9.55 Å². The number of hydrogen-bond acceptors (Lipinski definition) is 4. The minimum absolute atomic E-state index is 0.0140. The predicted molar refractivity (Wildman–Crippen MR) is 144 cm³/mol. The van der Waals surface area contributed by atoms with E-state index in [4.69, 9.17) is 21.1 Å². The van der Waals surface area contributed by atoms with Crippen LogP contribution in [0.25, 0.3) is 11.1 Å². The first kappa shape index (κ1) is 25.0. The third-order valence-electron chi connectivity index (χ3n) is 6.31. The van der Waals surface area contributed by atoms with Crippen molar-refractivity contribution < 1.29 is 13.9 Å². The van der Waals surface area contributed by atoms with Crippen molar-refractivity contribution in [2.24, 2.45) is 0 Å². The van der Waals surface area contributed by atoms with Crippen molar-refractivity contribution in [3.63, 3.8) is 0 Å². The molecule has 2 unspecified atom stereocenters. The van der Waals surface area contributed by atoms with Gasteiger partial charge < -0.3 is 14.0 Å². The topological polar surface area (TPSA) is 36.3 Å². The van der Waals surface area contributed by atoms with Gasteiger partial charge in [0.25, 0.3) is 0 Å². The monoisotopic (exact) mass is 522 g/mol. The molecule has 2 heterocycles. The molecule has 1 fully saturated rings. The van der Waals surface area contributed by atoms with Gasteiger partial charge >= 0.3 is 0 Å². The molecule has 1 aromatic heterocycles. The third kappa shape index (κ3) is 6.56. The van der Waals surface area contributed by atoms with E-state index in [9.17, 15) is 4.39 Å². The van der Waals surface area contributed by atoms with Crippen LogP contribution >= 0.6 is 23.4 Å². The summed E-state index contributed by atoms with van der Waals surface area (Å²) in [6.07, 6.45) is 6.90. The van der Waals surface area contributed by atoms with Gasteiger partial charge in [0.1, 0.15) is 5.82 Å². The maximum atomic E-state index is 13.3. The van der Waals surface area contributed by atoms with Crippen LogP contribution in [-0.2, 0) is 28.2 Å². The van der Waals surface area contributed by atoms with Crippen molar-refractivity contribution in [2.45, 2.75) is 37.0 Å². The number of ether oxygens (including phenoxy) is 2. The second-order valence-corrected chi connectivity index (χ2v) is 10.5. The summed E-state index contributed by atoms with van der Waals surface area (Å²) in [5, 5.41) is 0.745. The summed E-state index contributed by atoms with van der Waals surface area (Å²) in [7, 11) is 0. The fraction of sp³-hybridized carbons (Fsp3) is 0.276. The Kier molecular flexibility index (Phi) is 8.07. The maximum Gasteiger partial charge on any atom is 0.187 e. The van der Waals surface area contributed by atoms with Gasteiger partial charge in [0.05, 0.1) is 25.6 Å². The van der Waals surface area contributed by atoms with Gasteiger partial charge in [-0.3, -0.25) is 0 Å². The van der Waals surface area contributed by atoms with E-state index in [0.717, 1.165) is 34.1 Å². The number of aryl methyl sites for hydroxylation is 1. The van der Waals surface area contributed by atoms with Gasteiger partial charge in [0.15, 0.2) is 5.79 Å². The molecule has 1 aliphatic rings. The zero-order valence-electron chi connectivity index (χ0n) is 19.9. The average Bonchev–Trinajstić information content (AvgIpc) is 3.55. The Bertz CT molecular complexity index is 1230. The standard InChI is InChI=1S/C29H28ClFN2O2S/c30-26-9-7-25(8-10-26)24-5-1-23(2-6-24)18-36-19-28-17-34-29(35-28,20-33-16-15-32-21-33)14-13-22-3-11-27(31)12-4-22/h1-12,15-16,21,28H,13-14,17-20H2. The molecule has 0 aliphatic carbocycles. The zero-order valence-corrected chi connectivity index (χ0v) is 21.4. The van der Waals surface area contributed by atoms with Crippen molar-refractivity contribution >= 4 is 23.4 Å². The summed E-state index contributed by atoms with van der Waals surface area (Å²) in [4.78, 5) is 4.16. The van der Waals surface area contributed by atoms with E-state index in [1.54, 1.807) is 12.5 Å². The summed E-state index contributed by atoms with van der Waals surface area (Å²) in [6.45, 7) is 1.13. The van der Waals surface area contributed by atoms with Gasteiger partial charge in [-0.25, -0.2) is 9.37 Å². The van der Waals surface area contributed by atoms with E-state index in [0.29, 0.717) is 19.6 Å². The molecule has 0 N–H and O–H groups in total. The van der Waals surface area contributed by atoms with Crippen LogP contribution in [-0.4, -0.2) is 33.8 Å². The van der Waals surface area contributed by atoms with E-state index in [-0.39, 0.29) is 11.9 Å². The highest BCUT2D eigenvalue weighted by molar-refractivity contribution is 7.98. The van der Waals surface area contributed by atoms with Crippen LogP contribution in [0.4, 0.5) is 4.39 Å². The Labute approximate surface area is 220 Å². The lowest BCUT2D eigenvalue weighted by Gasteiger charge is -2.28. The van der Waals surface area contributed by atoms with Crippen molar-refractivity contribution in [2.75, 3.05) is 12.4 Å². The first-order valence-corrected chi connectivity index (χ1v) is 13.5. The highest BCUT2D eigenvalue weighted by Crippen LogP contribution is 2.33. The van der Waals surface area contributed by atoms with E-state index < -0.39 is 5.79 Å². The van der Waals surface area contributed by atoms with Crippen LogP contribution in [0.1, 0.15) is 17.5 Å². The Morgan fingerprint density at radius 2 is 1.67 bits per heavy atom. The minimum Gasteiger partial charge on any atom is -0.345 e. The summed E-state index contributed by atoms with van der Waals surface area (Å²) in [6, 6.07) is 23.2. The van der Waals surface area contributed by atoms with Crippen LogP contribution in [0.5, 0.6) is 0 Å². The first-order chi connectivity index (χ1) is 17.6. The second kappa shape index (κ2) is 11.6. The highest BCUT2D eigenvalue weighted by atomic mass is 35.5. The number of rotatable bonds is 10. The number of nitrogens with zero attached hydrogens (tertiary/aromatic N) is 2. The van der Waals surface area contributed by atoms with Crippen molar-refractivity contribution in [1.29, 1.82) is 0 Å². The number of aromatic nitrogens is 2. The van der Waals surface area contributed by atoms with Crippen LogP contribution in [0.15, 0.2) is 91.5 Å². The molecule has 0 amide bonds. The average molecular weight is 523 g/mol. The van der Waals surface area contributed by atoms with E-state index in [1.807, 2.05) is 58.9 Å². The summed E-state index contributed by atoms with van der Waals surface area (Å²) >= 11 is 7.85. The fourth-order valence-corrected chi connectivity index (χ4v) is 5.48. The van der Waals surface area contributed by atoms with Crippen molar-refractivity contribution in [3.05, 3.63) is 113 Å². The zero-order chi connectivity index (χ0) is 24.8. The molecule has 36 heavy (non-hydrogen) atoms. The Hall–Kier alpha value is -2.64. The van der Waals surface area contributed by atoms with Gasteiger partial charge in [-0.05, 0) is 52.9 Å². The fourth-order valence-electron chi connectivity index (χ4n) is 4.38. The molecular weight excluding hydrogens is 495 g/mol. The predicted octanol–water partition coefficient (Wildman–Crippen LogP) is 7.02. The highest BCUT2D eigenvalue weighted by Gasteiger charge is 2.41. The Morgan fingerprint density at radius 3 is 2.36 bits per heavy atom. The van der Waals surface area contributed by atoms with E-state index in [2.05, 4.69) is 29.2 Å². The number of halogens is 2. The quantitative estimate of drug-likeness (QED) is 0.224. The van der Waals surface area contributed by atoms with Crippen LogP contribution < -0.4 is 0 Å². The molecule has 186 valence electrons. The molecule has 0 spiro atoms. The summed E-state index contributed by atoms with van der Waals surface area (Å²) < 4.78 is 28.1. The van der Waals surface area contributed by atoms with Gasteiger partial charge in [0.2, 0.25) is 0 Å². The Balaban J connectivity index is 1.15. The van der Waals surface area contributed by atoms with Gasteiger partial charge in [0, 0.05) is 35.3 Å². The van der Waals surface area contributed by atoms with E-state index in [1.165, 1.54) is 23.3 Å². The Morgan fingerprint density at radius 1 is 0.972 bits per heavy atom. The summed E-state index contributed by atoms with van der Waals surface area (Å²) in [5.41, 5.74) is 4.68. The maximum absolute atomic E-state index is 13.3. The molecule has 7 heteroatoms. The molecule has 5 rings (SSSR count). The molecule has 0 bridgehead atoms. The molecule has 1 aliphatic heterocycles. The SMILES string of the molecule is Fc1ccc(CCC2(Cn3ccnc3)OCC(CSCc3ccc(-c4ccc(Cl)cc4)cc3)O2)cc1. The molecule has 4 nitrogen and oxygen atoms in total. The summed E-state index contributed by atoms with van der Waals surface area (Å²) in [5.74, 6) is 0.809. The van der Waals surface area contributed by atoms with Gasteiger partial charge in [-0.15, -0.1) is 0 Å². The second-order valence-electron chi connectivity index (χ2n) is 9.04. The smallest absolute Gasteiger partial charge is 0.187 e. The number of imidazole rings is 1. The van der Waals surface area contributed by atoms with Gasteiger partial charge in [-0.1, -0.05) is 60.1 Å². The lowest BCUT2D eigenvalue weighted by atomic mass is 10.0. The number of benzene rings is 3. The van der Waals surface area contributed by atoms with Crippen LogP contribution in [0.2, 0.25) is 5.02 Å². The van der Waals surface area contributed by atoms with Crippen LogP contribution in [0.3, 0.4) is 0 Å². The largest absolute Gasteiger partial charge is 0.345 e. The molecule has 4 aromatic rings. The minimum atomic E-state index is -0.722. The molecule has 0 saturated carbocycles. The number of thioether (sulfide) groups is 1.